The Bertz CT molecular complexity index is 1000. The zero-order valence-electron chi connectivity index (χ0n) is 17.2. The van der Waals surface area contributed by atoms with Crippen LogP contribution in [0, 0.1) is 5.92 Å². The van der Waals surface area contributed by atoms with Gasteiger partial charge < -0.3 is 20.7 Å². The molecule has 160 valence electrons. The van der Waals surface area contributed by atoms with Crippen LogP contribution in [0.4, 0.5) is 11.6 Å². The van der Waals surface area contributed by atoms with Gasteiger partial charge >= 0.3 is 0 Å². The fraction of sp³-hybridized carbons (Fsp3) is 0.250. The molecule has 1 fully saturated rings. The van der Waals surface area contributed by atoms with Gasteiger partial charge in [-0.1, -0.05) is 41.9 Å². The quantitative estimate of drug-likeness (QED) is 0.520. The molecule has 6 nitrogen and oxygen atoms in total. The highest BCUT2D eigenvalue weighted by Crippen LogP contribution is 2.33. The van der Waals surface area contributed by atoms with Gasteiger partial charge in [-0.05, 0) is 48.6 Å². The fourth-order valence-corrected chi connectivity index (χ4v) is 3.92. The SMILES string of the molecule is Nc1ncnc(NCC2CCN(C=CCl)CC2)c1-c1ccc(Oc2ccccc2)cc1. The van der Waals surface area contributed by atoms with Crippen molar-refractivity contribution in [3.8, 4) is 22.6 Å². The van der Waals surface area contributed by atoms with E-state index >= 15 is 0 Å². The van der Waals surface area contributed by atoms with E-state index in [4.69, 9.17) is 22.1 Å². The van der Waals surface area contributed by atoms with Crippen LogP contribution >= 0.6 is 11.6 Å². The van der Waals surface area contributed by atoms with Gasteiger partial charge in [0.2, 0.25) is 0 Å². The van der Waals surface area contributed by atoms with Crippen molar-refractivity contribution in [2.45, 2.75) is 12.8 Å². The molecule has 0 atom stereocenters. The molecule has 0 amide bonds. The summed E-state index contributed by atoms with van der Waals surface area (Å²) in [6.45, 7) is 2.87. The smallest absolute Gasteiger partial charge is 0.139 e. The van der Waals surface area contributed by atoms with E-state index in [2.05, 4.69) is 20.2 Å². The number of nitrogens with one attached hydrogen (secondary N) is 1. The summed E-state index contributed by atoms with van der Waals surface area (Å²) < 4.78 is 5.89. The number of anilines is 2. The maximum atomic E-state index is 6.23. The minimum atomic E-state index is 0.455. The Kier molecular flexibility index (Phi) is 6.89. The highest BCUT2D eigenvalue weighted by atomic mass is 35.5. The van der Waals surface area contributed by atoms with E-state index in [-0.39, 0.29) is 0 Å². The molecule has 0 saturated carbocycles. The lowest BCUT2D eigenvalue weighted by atomic mass is 9.97. The highest BCUT2D eigenvalue weighted by molar-refractivity contribution is 6.25. The monoisotopic (exact) mass is 435 g/mol. The van der Waals surface area contributed by atoms with Crippen LogP contribution in [-0.4, -0.2) is 34.5 Å². The third-order valence-electron chi connectivity index (χ3n) is 5.47. The zero-order chi connectivity index (χ0) is 21.5. The number of hydrogen-bond acceptors (Lipinski definition) is 6. The molecule has 2 aromatic carbocycles. The average molecular weight is 436 g/mol. The lowest BCUT2D eigenvalue weighted by molar-refractivity contribution is 0.251. The minimum Gasteiger partial charge on any atom is -0.457 e. The zero-order valence-corrected chi connectivity index (χ0v) is 18.0. The summed E-state index contributed by atoms with van der Waals surface area (Å²) in [6.07, 6.45) is 5.66. The third kappa shape index (κ3) is 5.47. The van der Waals surface area contributed by atoms with Crippen LogP contribution in [0.3, 0.4) is 0 Å². The van der Waals surface area contributed by atoms with E-state index < -0.39 is 0 Å². The van der Waals surface area contributed by atoms with Crippen molar-refractivity contribution in [2.75, 3.05) is 30.7 Å². The standard InChI is InChI=1S/C24H26ClN5O/c25-12-15-30-13-10-18(11-14-30)16-27-24-22(23(26)28-17-29-24)19-6-8-21(9-7-19)31-20-4-2-1-3-5-20/h1-9,12,15,17-18H,10-11,13-14,16H2,(H3,26,27,28,29). The van der Waals surface area contributed by atoms with Crippen LogP contribution in [0.25, 0.3) is 11.1 Å². The Morgan fingerprint density at radius 2 is 1.74 bits per heavy atom. The van der Waals surface area contributed by atoms with Crippen LogP contribution in [0.15, 0.2) is 72.7 Å². The molecule has 4 rings (SSSR count). The molecule has 1 aliphatic heterocycles. The Hall–Kier alpha value is -3.25. The molecule has 1 saturated heterocycles. The molecule has 3 N–H and O–H groups in total. The Labute approximate surface area is 187 Å². The number of nitrogens with zero attached hydrogens (tertiary/aromatic N) is 3. The first kappa shape index (κ1) is 21.0. The summed E-state index contributed by atoms with van der Waals surface area (Å²) in [5, 5.41) is 3.50. The number of para-hydroxylation sites is 1. The van der Waals surface area contributed by atoms with Crippen LogP contribution < -0.4 is 15.8 Å². The molecule has 0 bridgehead atoms. The van der Waals surface area contributed by atoms with Crippen molar-refractivity contribution < 1.29 is 4.74 Å². The number of benzene rings is 2. The van der Waals surface area contributed by atoms with Gasteiger partial charge in [-0.15, -0.1) is 0 Å². The summed E-state index contributed by atoms with van der Waals surface area (Å²) in [7, 11) is 0. The first-order valence-electron chi connectivity index (χ1n) is 10.4. The van der Waals surface area contributed by atoms with E-state index in [1.165, 1.54) is 6.33 Å². The molecule has 0 radical (unpaired) electrons. The van der Waals surface area contributed by atoms with Gasteiger partial charge in [-0.25, -0.2) is 9.97 Å². The number of aromatic nitrogens is 2. The normalized spacial score (nSPS) is 14.7. The van der Waals surface area contributed by atoms with Gasteiger partial charge in [0.05, 0.1) is 5.56 Å². The topological polar surface area (TPSA) is 76.3 Å². The Morgan fingerprint density at radius 1 is 1.03 bits per heavy atom. The molecular weight excluding hydrogens is 410 g/mol. The van der Waals surface area contributed by atoms with Gasteiger partial charge in [-0.3, -0.25) is 0 Å². The second kappa shape index (κ2) is 10.2. The number of halogens is 1. The summed E-state index contributed by atoms with van der Waals surface area (Å²) in [5.41, 5.74) is 9.56. The van der Waals surface area contributed by atoms with Crippen molar-refractivity contribution >= 4 is 23.2 Å². The summed E-state index contributed by atoms with van der Waals surface area (Å²) >= 11 is 5.68. The van der Waals surface area contributed by atoms with Gasteiger partial charge in [0.15, 0.2) is 0 Å². The minimum absolute atomic E-state index is 0.455. The van der Waals surface area contributed by atoms with Crippen molar-refractivity contribution in [1.82, 2.24) is 14.9 Å². The largest absolute Gasteiger partial charge is 0.457 e. The number of ether oxygens (including phenoxy) is 1. The average Bonchev–Trinajstić information content (AvgIpc) is 2.80. The summed E-state index contributed by atoms with van der Waals surface area (Å²) in [4.78, 5) is 10.9. The Balaban J connectivity index is 1.44. The highest BCUT2D eigenvalue weighted by Gasteiger charge is 2.19. The van der Waals surface area contributed by atoms with Crippen LogP contribution in [0.5, 0.6) is 11.5 Å². The van der Waals surface area contributed by atoms with E-state index in [1.54, 1.807) is 5.54 Å². The molecule has 0 spiro atoms. The lowest BCUT2D eigenvalue weighted by Crippen LogP contribution is -2.32. The molecular formula is C24H26ClN5O. The Morgan fingerprint density at radius 3 is 2.45 bits per heavy atom. The van der Waals surface area contributed by atoms with Gasteiger partial charge in [0, 0.05) is 31.4 Å². The van der Waals surface area contributed by atoms with E-state index in [0.717, 1.165) is 60.9 Å². The molecule has 7 heteroatoms. The maximum absolute atomic E-state index is 6.23. The molecule has 0 unspecified atom stereocenters. The number of nitrogens with two attached hydrogens (primary N) is 1. The first-order valence-corrected chi connectivity index (χ1v) is 10.8. The molecule has 1 aromatic heterocycles. The molecule has 2 heterocycles. The van der Waals surface area contributed by atoms with E-state index in [0.29, 0.717) is 11.7 Å². The number of nitrogen functional groups attached to an aromatic ring is 1. The molecule has 0 aliphatic carbocycles. The third-order valence-corrected chi connectivity index (χ3v) is 5.59. The number of rotatable bonds is 7. The second-order valence-corrected chi connectivity index (χ2v) is 7.81. The lowest BCUT2D eigenvalue weighted by Gasteiger charge is -2.31. The van der Waals surface area contributed by atoms with Crippen LogP contribution in [0.2, 0.25) is 0 Å². The van der Waals surface area contributed by atoms with E-state index in [1.807, 2.05) is 60.8 Å². The number of piperidine rings is 1. The second-order valence-electron chi connectivity index (χ2n) is 7.56. The van der Waals surface area contributed by atoms with Gasteiger partial charge in [-0.2, -0.15) is 0 Å². The fourth-order valence-electron chi connectivity index (χ4n) is 3.76. The van der Waals surface area contributed by atoms with Crippen molar-refractivity contribution in [1.29, 1.82) is 0 Å². The van der Waals surface area contributed by atoms with Crippen LogP contribution in [-0.2, 0) is 0 Å². The van der Waals surface area contributed by atoms with Crippen molar-refractivity contribution in [3.05, 3.63) is 72.7 Å². The molecule has 31 heavy (non-hydrogen) atoms. The number of likely N-dealkylation sites (tertiary alicyclic amines) is 1. The summed E-state index contributed by atoms with van der Waals surface area (Å²) in [5.74, 6) is 3.35. The van der Waals surface area contributed by atoms with Crippen LogP contribution in [0.1, 0.15) is 12.8 Å². The van der Waals surface area contributed by atoms with Crippen molar-refractivity contribution in [3.63, 3.8) is 0 Å². The van der Waals surface area contributed by atoms with Crippen molar-refractivity contribution in [2.24, 2.45) is 5.92 Å². The molecule has 3 aromatic rings. The van der Waals surface area contributed by atoms with Gasteiger partial charge in [0.25, 0.3) is 0 Å². The van der Waals surface area contributed by atoms with Gasteiger partial charge in [0.1, 0.15) is 29.5 Å². The van der Waals surface area contributed by atoms with E-state index in [9.17, 15) is 0 Å². The first-order chi connectivity index (χ1) is 15.2. The predicted octanol–water partition coefficient (Wildman–Crippen LogP) is 5.35. The number of hydrogen-bond donors (Lipinski definition) is 2. The summed E-state index contributed by atoms with van der Waals surface area (Å²) in [6, 6.07) is 17.5. The predicted molar refractivity (Wildman–Crippen MR) is 126 cm³/mol. The maximum Gasteiger partial charge on any atom is 0.139 e. The molecule has 1 aliphatic rings.